The van der Waals surface area contributed by atoms with Crippen LogP contribution < -0.4 is 0 Å². The molecule has 0 radical (unpaired) electrons. The molecule has 0 aliphatic heterocycles. The molecular weight excluding hydrogens is 270 g/mol. The van der Waals surface area contributed by atoms with Crippen LogP contribution in [-0.4, -0.2) is 11.2 Å². The van der Waals surface area contributed by atoms with Crippen molar-refractivity contribution in [3.05, 3.63) is 23.3 Å². The number of rotatable bonds is 11. The van der Waals surface area contributed by atoms with Gasteiger partial charge in [-0.05, 0) is 71.1 Å². The van der Waals surface area contributed by atoms with E-state index in [4.69, 9.17) is 5.26 Å². The molecule has 0 rings (SSSR count). The topological polar surface area (TPSA) is 44.0 Å². The van der Waals surface area contributed by atoms with Gasteiger partial charge in [0.2, 0.25) is 0 Å². The minimum atomic E-state index is -0.200. The quantitative estimate of drug-likeness (QED) is 0.491. The maximum Gasteiger partial charge on any atom is 0.0624 e. The number of nitrogens with zero attached hydrogens (tertiary/aromatic N) is 1. The van der Waals surface area contributed by atoms with Crippen LogP contribution in [0.3, 0.4) is 0 Å². The van der Waals surface area contributed by atoms with E-state index in [0.717, 1.165) is 38.5 Å². The zero-order valence-corrected chi connectivity index (χ0v) is 15.2. The van der Waals surface area contributed by atoms with Gasteiger partial charge in [0.25, 0.3) is 0 Å². The van der Waals surface area contributed by atoms with Crippen molar-refractivity contribution in [3.63, 3.8) is 0 Å². The Balaban J connectivity index is 4.05. The van der Waals surface area contributed by atoms with Crippen molar-refractivity contribution in [2.24, 2.45) is 11.8 Å². The third kappa shape index (κ3) is 11.6. The van der Waals surface area contributed by atoms with Crippen LogP contribution in [0.1, 0.15) is 79.6 Å². The SMILES string of the molecule is C/C(=C\CCC(C)O)CC/C=C(\C)CC[C@H](CC#N)C(C)C. The molecule has 0 aromatic heterocycles. The van der Waals surface area contributed by atoms with Gasteiger partial charge in [-0.25, -0.2) is 0 Å². The summed E-state index contributed by atoms with van der Waals surface area (Å²) in [5, 5.41) is 18.1. The van der Waals surface area contributed by atoms with Gasteiger partial charge in [-0.3, -0.25) is 0 Å². The minimum absolute atomic E-state index is 0.200. The fraction of sp³-hybridized carbons (Fsp3) is 0.750. The summed E-state index contributed by atoms with van der Waals surface area (Å²) in [6.07, 6.45) is 11.3. The highest BCUT2D eigenvalue weighted by atomic mass is 16.3. The second-order valence-corrected chi connectivity index (χ2v) is 6.97. The van der Waals surface area contributed by atoms with Gasteiger partial charge in [0, 0.05) is 6.42 Å². The molecule has 0 aromatic rings. The average Bonchev–Trinajstić information content (AvgIpc) is 2.42. The van der Waals surface area contributed by atoms with Crippen LogP contribution in [0.25, 0.3) is 0 Å². The van der Waals surface area contributed by atoms with Crippen molar-refractivity contribution < 1.29 is 5.11 Å². The number of nitriles is 1. The average molecular weight is 306 g/mol. The Bertz CT molecular complexity index is 385. The van der Waals surface area contributed by atoms with Crippen molar-refractivity contribution in [1.29, 1.82) is 5.26 Å². The van der Waals surface area contributed by atoms with Gasteiger partial charge >= 0.3 is 0 Å². The summed E-state index contributed by atoms with van der Waals surface area (Å²) < 4.78 is 0. The van der Waals surface area contributed by atoms with E-state index in [2.05, 4.69) is 45.9 Å². The molecule has 0 heterocycles. The van der Waals surface area contributed by atoms with Crippen molar-refractivity contribution in [2.45, 2.75) is 85.7 Å². The van der Waals surface area contributed by atoms with E-state index < -0.39 is 0 Å². The summed E-state index contributed by atoms with van der Waals surface area (Å²) >= 11 is 0. The Labute approximate surface area is 137 Å². The Kier molecular flexibility index (Phi) is 11.9. The molecule has 1 N–H and O–H groups in total. The van der Waals surface area contributed by atoms with E-state index in [1.165, 1.54) is 11.1 Å². The zero-order valence-electron chi connectivity index (χ0n) is 15.2. The van der Waals surface area contributed by atoms with Crippen LogP contribution in [0.2, 0.25) is 0 Å². The molecule has 1 unspecified atom stereocenters. The van der Waals surface area contributed by atoms with E-state index >= 15 is 0 Å². The summed E-state index contributed by atoms with van der Waals surface area (Å²) in [6, 6.07) is 2.31. The monoisotopic (exact) mass is 305 g/mol. The van der Waals surface area contributed by atoms with Crippen LogP contribution in [0.5, 0.6) is 0 Å². The van der Waals surface area contributed by atoms with E-state index in [9.17, 15) is 5.11 Å². The van der Waals surface area contributed by atoms with E-state index in [-0.39, 0.29) is 6.10 Å². The molecule has 0 saturated carbocycles. The summed E-state index contributed by atoms with van der Waals surface area (Å²) in [4.78, 5) is 0. The van der Waals surface area contributed by atoms with Crippen LogP contribution in [-0.2, 0) is 0 Å². The zero-order chi connectivity index (χ0) is 17.0. The molecular formula is C20H35NO. The lowest BCUT2D eigenvalue weighted by Gasteiger charge is -2.17. The molecule has 0 fully saturated rings. The first-order valence-corrected chi connectivity index (χ1v) is 8.73. The van der Waals surface area contributed by atoms with Gasteiger partial charge in [0.15, 0.2) is 0 Å². The number of hydrogen-bond donors (Lipinski definition) is 1. The summed E-state index contributed by atoms with van der Waals surface area (Å²) in [5.41, 5.74) is 2.86. The fourth-order valence-corrected chi connectivity index (χ4v) is 2.52. The molecule has 0 saturated heterocycles. The highest BCUT2D eigenvalue weighted by molar-refractivity contribution is 5.04. The number of aliphatic hydroxyl groups is 1. The molecule has 0 aliphatic rings. The Morgan fingerprint density at radius 2 is 1.59 bits per heavy atom. The van der Waals surface area contributed by atoms with Crippen molar-refractivity contribution in [1.82, 2.24) is 0 Å². The van der Waals surface area contributed by atoms with Crippen LogP contribution >= 0.6 is 0 Å². The van der Waals surface area contributed by atoms with Gasteiger partial charge < -0.3 is 5.11 Å². The van der Waals surface area contributed by atoms with E-state index in [0.29, 0.717) is 18.3 Å². The van der Waals surface area contributed by atoms with Crippen LogP contribution in [0.4, 0.5) is 0 Å². The Morgan fingerprint density at radius 1 is 1.00 bits per heavy atom. The molecule has 126 valence electrons. The smallest absolute Gasteiger partial charge is 0.0624 e. The van der Waals surface area contributed by atoms with Gasteiger partial charge in [0.05, 0.1) is 12.2 Å². The first-order valence-electron chi connectivity index (χ1n) is 8.73. The molecule has 0 bridgehead atoms. The highest BCUT2D eigenvalue weighted by Crippen LogP contribution is 2.23. The predicted molar refractivity (Wildman–Crippen MR) is 95.5 cm³/mol. The first-order chi connectivity index (χ1) is 10.4. The molecule has 0 aliphatic carbocycles. The minimum Gasteiger partial charge on any atom is -0.393 e. The molecule has 2 heteroatoms. The maximum absolute atomic E-state index is 9.24. The Morgan fingerprint density at radius 3 is 2.14 bits per heavy atom. The van der Waals surface area contributed by atoms with Gasteiger partial charge in [-0.2, -0.15) is 5.26 Å². The lowest BCUT2D eigenvalue weighted by atomic mass is 9.87. The number of allylic oxidation sites excluding steroid dienone is 4. The van der Waals surface area contributed by atoms with E-state index in [1.807, 2.05) is 6.92 Å². The Hall–Kier alpha value is -1.07. The molecule has 0 amide bonds. The fourth-order valence-electron chi connectivity index (χ4n) is 2.52. The van der Waals surface area contributed by atoms with Crippen molar-refractivity contribution in [2.75, 3.05) is 0 Å². The van der Waals surface area contributed by atoms with E-state index in [1.54, 1.807) is 0 Å². The highest BCUT2D eigenvalue weighted by Gasteiger charge is 2.12. The summed E-state index contributed by atoms with van der Waals surface area (Å²) in [6.45, 7) is 10.6. The maximum atomic E-state index is 9.24. The number of aliphatic hydroxyl groups excluding tert-OH is 1. The molecule has 22 heavy (non-hydrogen) atoms. The normalized spacial score (nSPS) is 15.7. The van der Waals surface area contributed by atoms with Gasteiger partial charge in [-0.15, -0.1) is 0 Å². The van der Waals surface area contributed by atoms with Crippen LogP contribution in [0.15, 0.2) is 23.3 Å². The lowest BCUT2D eigenvalue weighted by Crippen LogP contribution is -2.08. The molecule has 0 aromatic carbocycles. The van der Waals surface area contributed by atoms with Crippen molar-refractivity contribution in [3.8, 4) is 6.07 Å². The first kappa shape index (κ1) is 20.9. The molecule has 0 spiro atoms. The summed E-state index contributed by atoms with van der Waals surface area (Å²) in [5.74, 6) is 1.11. The van der Waals surface area contributed by atoms with Gasteiger partial charge in [0.1, 0.15) is 0 Å². The third-order valence-corrected chi connectivity index (χ3v) is 4.31. The predicted octanol–water partition coefficient (Wildman–Crippen LogP) is 5.79. The second kappa shape index (κ2) is 12.5. The van der Waals surface area contributed by atoms with Crippen LogP contribution in [0, 0.1) is 23.2 Å². The molecule has 2 nitrogen and oxygen atoms in total. The summed E-state index contributed by atoms with van der Waals surface area (Å²) in [7, 11) is 0. The largest absolute Gasteiger partial charge is 0.393 e. The number of hydrogen-bond acceptors (Lipinski definition) is 2. The van der Waals surface area contributed by atoms with Crippen molar-refractivity contribution >= 4 is 0 Å². The standard InChI is InChI=1S/C20H35NO/c1-16(2)20(14-15-21)13-12-18(4)9-6-8-17(3)10-7-11-19(5)22/h9-10,16,19-20,22H,6-8,11-14H2,1-5H3/b17-10+,18-9+/t19?,20-/m1/s1. The third-order valence-electron chi connectivity index (χ3n) is 4.31. The second-order valence-electron chi connectivity index (χ2n) is 6.97. The van der Waals surface area contributed by atoms with Gasteiger partial charge in [-0.1, -0.05) is 37.1 Å². The lowest BCUT2D eigenvalue weighted by molar-refractivity contribution is 0.186. The molecule has 2 atom stereocenters.